The standard InChI is InChI=1S/C21H17BrN4O7S2/c1-11(27)33-17(15-6-14-8-34-10-24(14)23-15)21(22)19(29)25-16(9-35-20(21)25)18(28)32-7-12-2-4-13(5-3-12)26(30)31/h2-6,9,17,20H,7-8,10H2,1H3/t17?,20-,21?/m1/s1. The van der Waals surface area contributed by atoms with Gasteiger partial charge in [0.25, 0.3) is 11.6 Å². The molecule has 2 unspecified atom stereocenters. The number of rotatable bonds is 7. The smallest absolute Gasteiger partial charge is 0.355 e. The fourth-order valence-electron chi connectivity index (χ4n) is 4.02. The number of hydrogen-bond donors (Lipinski definition) is 0. The second-order valence-electron chi connectivity index (χ2n) is 7.96. The highest BCUT2D eigenvalue weighted by Crippen LogP contribution is 2.58. The van der Waals surface area contributed by atoms with Gasteiger partial charge in [-0.05, 0) is 23.8 Å². The molecule has 5 rings (SSSR count). The number of halogens is 1. The Morgan fingerprint density at radius 2 is 2.11 bits per heavy atom. The van der Waals surface area contributed by atoms with Gasteiger partial charge in [0.1, 0.15) is 23.4 Å². The van der Waals surface area contributed by atoms with Crippen LogP contribution in [0.1, 0.15) is 30.0 Å². The number of fused-ring (bicyclic) bond motifs is 2. The van der Waals surface area contributed by atoms with Crippen LogP contribution in [0.25, 0.3) is 0 Å². The van der Waals surface area contributed by atoms with Crippen molar-refractivity contribution in [2.75, 3.05) is 0 Å². The molecule has 0 spiro atoms. The lowest BCUT2D eigenvalue weighted by molar-refractivity contribution is -0.384. The lowest BCUT2D eigenvalue weighted by atomic mass is 9.88. The van der Waals surface area contributed by atoms with Crippen molar-refractivity contribution in [2.45, 2.75) is 41.0 Å². The molecule has 1 aromatic carbocycles. The van der Waals surface area contributed by atoms with E-state index in [2.05, 4.69) is 21.0 Å². The highest BCUT2D eigenvalue weighted by molar-refractivity contribution is 9.10. The zero-order valence-electron chi connectivity index (χ0n) is 18.1. The first-order chi connectivity index (χ1) is 16.7. The van der Waals surface area contributed by atoms with Crippen molar-refractivity contribution in [3.05, 3.63) is 68.5 Å². The van der Waals surface area contributed by atoms with Crippen LogP contribution in [0, 0.1) is 10.1 Å². The number of alkyl halides is 1. The Kier molecular flexibility index (Phi) is 6.13. The van der Waals surface area contributed by atoms with Crippen molar-refractivity contribution < 1.29 is 28.8 Å². The van der Waals surface area contributed by atoms with Crippen LogP contribution in [0.3, 0.4) is 0 Å². The molecule has 4 heterocycles. The Morgan fingerprint density at radius 3 is 2.77 bits per heavy atom. The minimum absolute atomic E-state index is 0.0679. The van der Waals surface area contributed by atoms with Gasteiger partial charge in [-0.25, -0.2) is 4.79 Å². The van der Waals surface area contributed by atoms with Crippen LogP contribution in [-0.4, -0.2) is 47.1 Å². The van der Waals surface area contributed by atoms with Crippen molar-refractivity contribution in [2.24, 2.45) is 0 Å². The summed E-state index contributed by atoms with van der Waals surface area (Å²) in [7, 11) is 0. The lowest BCUT2D eigenvalue weighted by Crippen LogP contribution is -2.70. The molecule has 1 saturated heterocycles. The first-order valence-electron chi connectivity index (χ1n) is 10.3. The number of aromatic nitrogens is 2. The minimum atomic E-state index is -1.30. The maximum atomic E-state index is 13.4. The first kappa shape index (κ1) is 23.9. The summed E-state index contributed by atoms with van der Waals surface area (Å²) in [6, 6.07) is 7.46. The molecule has 3 aliphatic heterocycles. The normalized spacial score (nSPS) is 23.1. The molecule has 1 fully saturated rings. The second kappa shape index (κ2) is 8.99. The Balaban J connectivity index is 1.30. The third-order valence-electron chi connectivity index (χ3n) is 5.71. The summed E-state index contributed by atoms with van der Waals surface area (Å²) in [5.74, 6) is -0.244. The van der Waals surface area contributed by atoms with Gasteiger partial charge in [0.2, 0.25) is 0 Å². The second-order valence-corrected chi connectivity index (χ2v) is 11.2. The Bertz CT molecular complexity index is 1260. The maximum absolute atomic E-state index is 13.4. The molecular weight excluding hydrogens is 564 g/mol. The van der Waals surface area contributed by atoms with Crippen molar-refractivity contribution in [1.82, 2.24) is 14.7 Å². The van der Waals surface area contributed by atoms with E-state index >= 15 is 0 Å². The average molecular weight is 581 g/mol. The van der Waals surface area contributed by atoms with Crippen molar-refractivity contribution in [3.63, 3.8) is 0 Å². The predicted octanol–water partition coefficient (Wildman–Crippen LogP) is 3.23. The number of thioether (sulfide) groups is 2. The Hall–Kier alpha value is -2.84. The molecule has 182 valence electrons. The zero-order valence-corrected chi connectivity index (χ0v) is 21.3. The number of ether oxygens (including phenoxy) is 2. The molecule has 3 aliphatic rings. The molecule has 0 radical (unpaired) electrons. The van der Waals surface area contributed by atoms with E-state index in [0.717, 1.165) is 11.4 Å². The van der Waals surface area contributed by atoms with Gasteiger partial charge in [0, 0.05) is 35.9 Å². The molecule has 0 bridgehead atoms. The van der Waals surface area contributed by atoms with E-state index in [4.69, 9.17) is 9.47 Å². The molecule has 35 heavy (non-hydrogen) atoms. The summed E-state index contributed by atoms with van der Waals surface area (Å²) in [6.07, 6.45) is -0.978. The van der Waals surface area contributed by atoms with E-state index in [0.29, 0.717) is 17.1 Å². The van der Waals surface area contributed by atoms with Crippen LogP contribution in [0.5, 0.6) is 0 Å². The van der Waals surface area contributed by atoms with E-state index in [9.17, 15) is 24.5 Å². The molecular formula is C21H17BrN4O7S2. The topological polar surface area (TPSA) is 134 Å². The van der Waals surface area contributed by atoms with Gasteiger partial charge >= 0.3 is 11.9 Å². The number of hydrogen-bond acceptors (Lipinski definition) is 10. The number of carbonyl (C=O) groups excluding carboxylic acids is 3. The fraction of sp³-hybridized carbons (Fsp3) is 0.333. The summed E-state index contributed by atoms with van der Waals surface area (Å²) < 4.78 is 11.4. The van der Waals surface area contributed by atoms with Crippen LogP contribution in [0.2, 0.25) is 0 Å². The molecule has 0 N–H and O–H groups in total. The van der Waals surface area contributed by atoms with Crippen molar-refractivity contribution in [3.8, 4) is 0 Å². The van der Waals surface area contributed by atoms with E-state index in [-0.39, 0.29) is 18.0 Å². The highest BCUT2D eigenvalue weighted by atomic mass is 79.9. The molecule has 0 aliphatic carbocycles. The monoisotopic (exact) mass is 580 g/mol. The van der Waals surface area contributed by atoms with Crippen molar-refractivity contribution in [1.29, 1.82) is 0 Å². The summed E-state index contributed by atoms with van der Waals surface area (Å²) in [5, 5.41) is 16.3. The number of benzene rings is 1. The Labute approximate surface area is 215 Å². The molecule has 2 aromatic rings. The summed E-state index contributed by atoms with van der Waals surface area (Å²) in [4.78, 5) is 49.6. The van der Waals surface area contributed by atoms with E-state index in [1.54, 1.807) is 17.2 Å². The largest absolute Gasteiger partial charge is 0.456 e. The molecule has 14 heteroatoms. The number of amides is 1. The molecule has 11 nitrogen and oxygen atoms in total. The molecule has 1 amide bonds. The summed E-state index contributed by atoms with van der Waals surface area (Å²) >= 11 is 6.48. The fourth-order valence-corrected chi connectivity index (χ4v) is 7.22. The average Bonchev–Trinajstić information content (AvgIpc) is 3.54. The lowest BCUT2D eigenvalue weighted by Gasteiger charge is -2.51. The quantitative estimate of drug-likeness (QED) is 0.158. The summed E-state index contributed by atoms with van der Waals surface area (Å²) in [5.41, 5.74) is 2.02. The number of β-lactam (4-membered cyclic amide) rings is 1. The van der Waals surface area contributed by atoms with Gasteiger partial charge in [-0.3, -0.25) is 29.3 Å². The van der Waals surface area contributed by atoms with Crippen LogP contribution < -0.4 is 0 Å². The van der Waals surface area contributed by atoms with Crippen LogP contribution >= 0.6 is 39.5 Å². The van der Waals surface area contributed by atoms with Gasteiger partial charge in [0.05, 0.1) is 10.8 Å². The van der Waals surface area contributed by atoms with Crippen molar-refractivity contribution >= 4 is 63.0 Å². The van der Waals surface area contributed by atoms with Gasteiger partial charge in [-0.1, -0.05) is 15.9 Å². The Morgan fingerprint density at radius 1 is 1.37 bits per heavy atom. The minimum Gasteiger partial charge on any atom is -0.456 e. The van der Waals surface area contributed by atoms with Gasteiger partial charge in [-0.2, -0.15) is 5.10 Å². The van der Waals surface area contributed by atoms with Gasteiger partial charge < -0.3 is 9.47 Å². The maximum Gasteiger partial charge on any atom is 0.355 e. The van der Waals surface area contributed by atoms with Crippen LogP contribution in [-0.2, 0) is 42.1 Å². The van der Waals surface area contributed by atoms with E-state index in [1.165, 1.54) is 47.9 Å². The zero-order chi connectivity index (χ0) is 24.9. The number of carbonyl (C=O) groups is 3. The molecule has 1 aromatic heterocycles. The summed E-state index contributed by atoms with van der Waals surface area (Å²) in [6.45, 7) is 1.16. The number of nitro benzene ring substituents is 1. The molecule has 0 saturated carbocycles. The van der Waals surface area contributed by atoms with Crippen LogP contribution in [0.4, 0.5) is 5.69 Å². The van der Waals surface area contributed by atoms with Crippen LogP contribution in [0.15, 0.2) is 41.4 Å². The molecule has 3 atom stereocenters. The number of esters is 2. The third-order valence-corrected chi connectivity index (χ3v) is 9.33. The SMILES string of the molecule is CC(=O)OC(c1cc2n(n1)CSC2)C1(Br)C(=O)N2C(C(=O)OCc3ccc([N+](=O)[O-])cc3)=CS[C@@H]21. The third kappa shape index (κ3) is 4.02. The van der Waals surface area contributed by atoms with Gasteiger partial charge in [0.15, 0.2) is 10.4 Å². The number of nitro groups is 1. The highest BCUT2D eigenvalue weighted by Gasteiger charge is 2.69. The first-order valence-corrected chi connectivity index (χ1v) is 13.2. The number of non-ortho nitro benzene ring substituents is 1. The van der Waals surface area contributed by atoms with Gasteiger partial charge in [-0.15, -0.1) is 23.5 Å². The number of nitrogens with zero attached hydrogens (tertiary/aromatic N) is 4. The van der Waals surface area contributed by atoms with E-state index in [1.807, 2.05) is 10.7 Å². The van der Waals surface area contributed by atoms with E-state index < -0.39 is 38.6 Å². The predicted molar refractivity (Wildman–Crippen MR) is 129 cm³/mol.